The van der Waals surface area contributed by atoms with Crippen LogP contribution in [-0.2, 0) is 24.5 Å². The zero-order chi connectivity index (χ0) is 32.1. The van der Waals surface area contributed by atoms with Gasteiger partial charge in [0.05, 0.1) is 20.3 Å². The maximum absolute atomic E-state index is 14.7. The number of hydrogen-bond acceptors (Lipinski definition) is 5. The van der Waals surface area contributed by atoms with Gasteiger partial charge in [0.25, 0.3) is 0 Å². The predicted molar refractivity (Wildman–Crippen MR) is 178 cm³/mol. The second kappa shape index (κ2) is 12.2. The lowest BCUT2D eigenvalue weighted by molar-refractivity contribution is -0.128. The van der Waals surface area contributed by atoms with Crippen molar-refractivity contribution in [3.05, 3.63) is 130 Å². The zero-order valence-electron chi connectivity index (χ0n) is 25.6. The van der Waals surface area contributed by atoms with E-state index in [2.05, 4.69) is 0 Å². The fourth-order valence-corrected chi connectivity index (χ4v) is 11.9. The molecule has 2 saturated carbocycles. The van der Waals surface area contributed by atoms with Gasteiger partial charge in [-0.3, -0.25) is 4.79 Å². The lowest BCUT2D eigenvalue weighted by Gasteiger charge is -2.48. The summed E-state index contributed by atoms with van der Waals surface area (Å²) in [6, 6.07) is 28.6. The third-order valence-corrected chi connectivity index (χ3v) is 14.7. The predicted octanol–water partition coefficient (Wildman–Crippen LogP) is 7.82. The molecule has 0 aliphatic heterocycles. The summed E-state index contributed by atoms with van der Waals surface area (Å²) in [7, 11) is -7.82. The summed E-state index contributed by atoms with van der Waals surface area (Å²) in [5.41, 5.74) is 4.68. The first-order valence-corrected chi connectivity index (χ1v) is 18.8. The Kier molecular flexibility index (Phi) is 8.57. The van der Waals surface area contributed by atoms with Crippen LogP contribution in [0.4, 0.5) is 0 Å². The maximum Gasteiger partial charge on any atom is 0.182 e. The molecule has 4 aromatic rings. The van der Waals surface area contributed by atoms with Crippen LogP contribution in [-0.4, -0.2) is 33.1 Å². The van der Waals surface area contributed by atoms with Crippen molar-refractivity contribution in [1.29, 1.82) is 0 Å². The van der Waals surface area contributed by atoms with Crippen LogP contribution < -0.4 is 0 Å². The molecule has 8 heteroatoms. The molecule has 6 atom stereocenters. The summed E-state index contributed by atoms with van der Waals surface area (Å²) in [6.07, 6.45) is 0.370. The molecule has 4 aromatic carbocycles. The molecule has 2 fully saturated rings. The van der Waals surface area contributed by atoms with Gasteiger partial charge in [0.2, 0.25) is 0 Å². The van der Waals surface area contributed by atoms with Crippen molar-refractivity contribution in [2.45, 2.75) is 72.2 Å². The highest BCUT2D eigenvalue weighted by atomic mass is 35.5. The Bertz CT molecular complexity index is 1920. The molecule has 6 rings (SSSR count). The first kappa shape index (κ1) is 31.7. The van der Waals surface area contributed by atoms with Gasteiger partial charge in [-0.1, -0.05) is 89.0 Å². The fourth-order valence-electron chi connectivity index (χ4n) is 7.47. The van der Waals surface area contributed by atoms with Crippen LogP contribution in [0.5, 0.6) is 0 Å². The van der Waals surface area contributed by atoms with Gasteiger partial charge >= 0.3 is 0 Å². The van der Waals surface area contributed by atoms with Gasteiger partial charge in [-0.05, 0) is 87.1 Å². The number of carbonyl (C=O) groups is 1. The van der Waals surface area contributed by atoms with Crippen LogP contribution in [0.25, 0.3) is 0 Å². The Hall–Kier alpha value is -3.26. The van der Waals surface area contributed by atoms with E-state index in [0.29, 0.717) is 5.02 Å². The van der Waals surface area contributed by atoms with Crippen molar-refractivity contribution in [3.63, 3.8) is 0 Å². The average Bonchev–Trinajstić information content (AvgIpc) is 3.01. The Labute approximate surface area is 271 Å². The molecule has 234 valence electrons. The molecule has 5 nitrogen and oxygen atoms in total. The van der Waals surface area contributed by atoms with Crippen LogP contribution in [0.2, 0.25) is 5.02 Å². The molecule has 5 unspecified atom stereocenters. The minimum Gasteiger partial charge on any atom is -0.299 e. The minimum atomic E-state index is -3.96. The number of aryl methyl sites for hydroxylation is 3. The monoisotopic (exact) mass is 660 g/mol. The summed E-state index contributed by atoms with van der Waals surface area (Å²) in [4.78, 5) is 14.4. The number of Topliss-reactive ketones (excluding diaryl/α,β-unsaturated/α-hetero) is 1. The summed E-state index contributed by atoms with van der Waals surface area (Å²) in [5.74, 6) is -2.41. The minimum absolute atomic E-state index is 0.0359. The third-order valence-electron chi connectivity index (χ3n) is 9.89. The molecule has 2 aliphatic rings. The van der Waals surface area contributed by atoms with Crippen molar-refractivity contribution in [2.75, 3.05) is 0 Å². The van der Waals surface area contributed by atoms with Crippen LogP contribution in [0.3, 0.4) is 0 Å². The van der Waals surface area contributed by atoms with E-state index in [-0.39, 0.29) is 34.8 Å². The van der Waals surface area contributed by atoms with Crippen molar-refractivity contribution < 1.29 is 21.6 Å². The topological polar surface area (TPSA) is 85.3 Å². The van der Waals surface area contributed by atoms with Gasteiger partial charge in [-0.2, -0.15) is 0 Å². The molecule has 0 N–H and O–H groups in total. The number of hydrogen-bond donors (Lipinski definition) is 0. The first-order chi connectivity index (χ1) is 21.4. The molecule has 0 amide bonds. The number of carbonyl (C=O) groups excluding carboxylic acids is 1. The lowest BCUT2D eigenvalue weighted by atomic mass is 9.61. The summed E-state index contributed by atoms with van der Waals surface area (Å²) in [5, 5.41) is -1.36. The van der Waals surface area contributed by atoms with Crippen molar-refractivity contribution >= 4 is 37.1 Å². The van der Waals surface area contributed by atoms with Crippen LogP contribution >= 0.6 is 11.6 Å². The Morgan fingerprint density at radius 3 is 1.53 bits per heavy atom. The number of sulfone groups is 2. The molecule has 0 radical (unpaired) electrons. The second-order valence-electron chi connectivity index (χ2n) is 12.8. The van der Waals surface area contributed by atoms with Crippen LogP contribution in [0.1, 0.15) is 58.9 Å². The van der Waals surface area contributed by atoms with E-state index >= 15 is 0 Å². The molecular formula is C37H37ClO5S2. The van der Waals surface area contributed by atoms with E-state index in [0.717, 1.165) is 27.8 Å². The van der Waals surface area contributed by atoms with Gasteiger partial charge in [0.15, 0.2) is 19.7 Å². The SMILES string of the molecule is Cc1ccc(C2C[C@H]3C(CC2S(=O)(=O)c2ccc(C)cc2)C(=O)CC(c2ccc(C)cc2)C3S(=O)(=O)c2ccc(Cl)cc2)cc1. The molecule has 0 saturated heterocycles. The number of benzene rings is 4. The summed E-state index contributed by atoms with van der Waals surface area (Å²) in [6.45, 7) is 5.85. The van der Waals surface area contributed by atoms with Gasteiger partial charge in [0, 0.05) is 29.2 Å². The van der Waals surface area contributed by atoms with Crippen LogP contribution in [0.15, 0.2) is 107 Å². The number of rotatable bonds is 6. The maximum atomic E-state index is 14.7. The molecular weight excluding hydrogens is 624 g/mol. The Morgan fingerprint density at radius 2 is 1.00 bits per heavy atom. The second-order valence-corrected chi connectivity index (χ2v) is 17.5. The van der Waals surface area contributed by atoms with Crippen LogP contribution in [0, 0.1) is 32.6 Å². The summed E-state index contributed by atoms with van der Waals surface area (Å²) < 4.78 is 58.0. The quantitative estimate of drug-likeness (QED) is 0.211. The molecule has 45 heavy (non-hydrogen) atoms. The molecule has 0 aromatic heterocycles. The normalized spacial score (nSPS) is 25.5. The van der Waals surface area contributed by atoms with E-state index in [1.54, 1.807) is 36.4 Å². The smallest absolute Gasteiger partial charge is 0.182 e. The summed E-state index contributed by atoms with van der Waals surface area (Å²) >= 11 is 6.14. The molecule has 2 aliphatic carbocycles. The Balaban J connectivity index is 1.51. The standard InChI is InChI=1S/C37H37ClO5S2/c1-23-4-10-26(11-5-23)31-20-34-33(22-36(31)44(40,41)29-16-8-25(3)9-17-29)35(39)21-32(27-12-6-24(2)7-13-27)37(34)45(42,43)30-18-14-28(38)15-19-30/h4-19,31-34,36-37H,20-22H2,1-3H3/t31?,32?,33?,34-,36?,37?/m0/s1. The zero-order valence-corrected chi connectivity index (χ0v) is 27.9. The van der Waals surface area contributed by atoms with E-state index in [4.69, 9.17) is 11.6 Å². The third kappa shape index (κ3) is 6.02. The van der Waals surface area contributed by atoms with Crippen molar-refractivity contribution in [1.82, 2.24) is 0 Å². The average molecular weight is 661 g/mol. The van der Waals surface area contributed by atoms with Crippen molar-refractivity contribution in [2.24, 2.45) is 11.8 Å². The van der Waals surface area contributed by atoms with Gasteiger partial charge in [-0.25, -0.2) is 16.8 Å². The van der Waals surface area contributed by atoms with Crippen molar-refractivity contribution in [3.8, 4) is 0 Å². The number of fused-ring (bicyclic) bond motifs is 1. The number of halogens is 1. The van der Waals surface area contributed by atoms with E-state index < -0.39 is 53.8 Å². The highest BCUT2D eigenvalue weighted by Gasteiger charge is 2.56. The van der Waals surface area contributed by atoms with Gasteiger partial charge < -0.3 is 0 Å². The molecule has 0 spiro atoms. The fraction of sp³-hybridized carbons (Fsp3) is 0.324. The first-order valence-electron chi connectivity index (χ1n) is 15.3. The van der Waals surface area contributed by atoms with E-state index in [9.17, 15) is 21.6 Å². The molecule has 0 bridgehead atoms. The highest BCUT2D eigenvalue weighted by Crippen LogP contribution is 2.54. The lowest BCUT2D eigenvalue weighted by Crippen LogP contribution is -2.53. The van der Waals surface area contributed by atoms with Gasteiger partial charge in [-0.15, -0.1) is 0 Å². The van der Waals surface area contributed by atoms with E-state index in [1.165, 1.54) is 12.1 Å². The van der Waals surface area contributed by atoms with Gasteiger partial charge in [0.1, 0.15) is 5.78 Å². The highest BCUT2D eigenvalue weighted by molar-refractivity contribution is 7.92. The number of ketones is 1. The molecule has 0 heterocycles. The Morgan fingerprint density at radius 1 is 0.556 bits per heavy atom. The largest absolute Gasteiger partial charge is 0.299 e. The van der Waals surface area contributed by atoms with E-state index in [1.807, 2.05) is 69.3 Å².